The van der Waals surface area contributed by atoms with Crippen molar-refractivity contribution in [1.29, 1.82) is 0 Å². The van der Waals surface area contributed by atoms with Crippen molar-refractivity contribution in [3.8, 4) is 5.75 Å². The number of ether oxygens (including phenoxy) is 1. The molecule has 2 heterocycles. The van der Waals surface area contributed by atoms with Crippen LogP contribution >= 0.6 is 0 Å². The number of imide groups is 1. The molecule has 0 spiro atoms. The SMILES string of the molecule is O=C(Oc1ccc([C@@H]2[C@H]3C(=O)N(Cc4ccccc4)C(=O)[C@H]3ON2c2ccc([N+](=O)[O-])cc2)cc1)c1ccccc1. The van der Waals surface area contributed by atoms with Gasteiger partial charge in [0.25, 0.3) is 11.6 Å². The molecule has 3 atom stereocenters. The Balaban J connectivity index is 1.31. The number of nitro benzene ring substituents is 1. The molecular weight excluding hydrogens is 526 g/mol. The van der Waals surface area contributed by atoms with Crippen LogP contribution in [0.3, 0.4) is 0 Å². The van der Waals surface area contributed by atoms with Gasteiger partial charge in [-0.2, -0.15) is 0 Å². The van der Waals surface area contributed by atoms with Gasteiger partial charge in [0.05, 0.1) is 28.8 Å². The first-order chi connectivity index (χ1) is 19.9. The van der Waals surface area contributed by atoms with E-state index in [-0.39, 0.29) is 18.1 Å². The molecule has 6 rings (SSSR count). The largest absolute Gasteiger partial charge is 0.423 e. The van der Waals surface area contributed by atoms with E-state index >= 15 is 0 Å². The van der Waals surface area contributed by atoms with E-state index in [0.29, 0.717) is 22.6 Å². The van der Waals surface area contributed by atoms with E-state index in [4.69, 9.17) is 9.57 Å². The van der Waals surface area contributed by atoms with E-state index in [0.717, 1.165) is 5.56 Å². The zero-order valence-electron chi connectivity index (χ0n) is 21.5. The highest BCUT2D eigenvalue weighted by molar-refractivity contribution is 6.07. The predicted octanol–water partition coefficient (Wildman–Crippen LogP) is 4.86. The third-order valence-corrected chi connectivity index (χ3v) is 7.15. The molecule has 2 aliphatic rings. The van der Waals surface area contributed by atoms with Gasteiger partial charge in [0.1, 0.15) is 11.7 Å². The molecular formula is C31H23N3O7. The van der Waals surface area contributed by atoms with Gasteiger partial charge in [-0.3, -0.25) is 29.4 Å². The summed E-state index contributed by atoms with van der Waals surface area (Å²) in [5.74, 6) is -1.90. The molecule has 4 aromatic rings. The molecule has 10 heteroatoms. The summed E-state index contributed by atoms with van der Waals surface area (Å²) in [6, 6.07) is 29.4. The standard InChI is InChI=1S/C31H23N3O7/c35-29-26-27(21-11-17-25(18-12-21)40-31(37)22-9-5-2-6-10-22)33(23-13-15-24(16-14-23)34(38)39)41-28(26)30(36)32(29)19-20-7-3-1-4-8-20/h1-18,26-28H,19H2/t26-,27-,28+/m1/s1. The topological polar surface area (TPSA) is 119 Å². The van der Waals surface area contributed by atoms with E-state index in [1.54, 1.807) is 54.6 Å². The van der Waals surface area contributed by atoms with Crippen LogP contribution in [0.5, 0.6) is 5.75 Å². The monoisotopic (exact) mass is 549 g/mol. The number of nitrogens with zero attached hydrogens (tertiary/aromatic N) is 3. The van der Waals surface area contributed by atoms with Gasteiger partial charge in [-0.05, 0) is 47.5 Å². The molecule has 0 bridgehead atoms. The number of anilines is 1. The Bertz CT molecular complexity index is 1610. The third kappa shape index (κ3) is 4.92. The van der Waals surface area contributed by atoms with Crippen molar-refractivity contribution in [1.82, 2.24) is 4.90 Å². The van der Waals surface area contributed by atoms with Crippen LogP contribution in [0.1, 0.15) is 27.5 Å². The highest BCUT2D eigenvalue weighted by Gasteiger charge is 2.59. The summed E-state index contributed by atoms with van der Waals surface area (Å²) in [6.07, 6.45) is -1.07. The number of esters is 1. The first kappa shape index (κ1) is 25.9. The van der Waals surface area contributed by atoms with Crippen LogP contribution in [0.4, 0.5) is 11.4 Å². The maximum Gasteiger partial charge on any atom is 0.343 e. The van der Waals surface area contributed by atoms with Crippen LogP contribution in [-0.4, -0.2) is 33.7 Å². The summed E-state index contributed by atoms with van der Waals surface area (Å²) in [5, 5.41) is 12.6. The summed E-state index contributed by atoms with van der Waals surface area (Å²) < 4.78 is 5.50. The molecule has 0 radical (unpaired) electrons. The zero-order valence-corrected chi connectivity index (χ0v) is 21.5. The molecule has 41 heavy (non-hydrogen) atoms. The first-order valence-corrected chi connectivity index (χ1v) is 12.9. The molecule has 0 aliphatic carbocycles. The van der Waals surface area contributed by atoms with Crippen LogP contribution in [0, 0.1) is 16.0 Å². The van der Waals surface area contributed by atoms with E-state index in [2.05, 4.69) is 0 Å². The fraction of sp³-hybridized carbons (Fsp3) is 0.129. The highest BCUT2D eigenvalue weighted by atomic mass is 16.7. The first-order valence-electron chi connectivity index (χ1n) is 12.9. The molecule has 0 N–H and O–H groups in total. The number of hydrogen-bond acceptors (Lipinski definition) is 8. The number of likely N-dealkylation sites (tertiary alicyclic amines) is 1. The minimum atomic E-state index is -1.07. The summed E-state index contributed by atoms with van der Waals surface area (Å²) in [5.41, 5.74) is 2.20. The van der Waals surface area contributed by atoms with Crippen LogP contribution in [0.25, 0.3) is 0 Å². The number of non-ortho nitro benzene ring substituents is 1. The maximum atomic E-state index is 13.7. The Kier molecular flexibility index (Phi) is 6.74. The molecule has 2 fully saturated rings. The third-order valence-electron chi connectivity index (χ3n) is 7.15. The number of hydrogen-bond donors (Lipinski definition) is 0. The average molecular weight is 550 g/mol. The second-order valence-corrected chi connectivity index (χ2v) is 9.67. The van der Waals surface area contributed by atoms with E-state index in [1.165, 1.54) is 34.2 Å². The number of hydroxylamine groups is 1. The smallest absolute Gasteiger partial charge is 0.343 e. The molecule has 204 valence electrons. The normalized spacial score (nSPS) is 19.8. The van der Waals surface area contributed by atoms with Crippen LogP contribution in [0.15, 0.2) is 109 Å². The van der Waals surface area contributed by atoms with Gasteiger partial charge in [-0.15, -0.1) is 0 Å². The van der Waals surface area contributed by atoms with Gasteiger partial charge in [-0.25, -0.2) is 9.86 Å². The quantitative estimate of drug-likeness (QED) is 0.105. The Hall–Kier alpha value is -5.35. The van der Waals surface area contributed by atoms with Crippen LogP contribution in [-0.2, 0) is 21.0 Å². The summed E-state index contributed by atoms with van der Waals surface area (Å²) in [4.78, 5) is 57.6. The van der Waals surface area contributed by atoms with Gasteiger partial charge < -0.3 is 4.74 Å². The van der Waals surface area contributed by atoms with E-state index in [9.17, 15) is 24.5 Å². The van der Waals surface area contributed by atoms with Crippen molar-refractivity contribution in [2.45, 2.75) is 18.7 Å². The van der Waals surface area contributed by atoms with E-state index in [1.807, 2.05) is 30.3 Å². The zero-order chi connectivity index (χ0) is 28.5. The van der Waals surface area contributed by atoms with Gasteiger partial charge in [0, 0.05) is 12.1 Å². The molecule has 2 saturated heterocycles. The van der Waals surface area contributed by atoms with Crippen LogP contribution in [0.2, 0.25) is 0 Å². The molecule has 0 aromatic heterocycles. The molecule has 10 nitrogen and oxygen atoms in total. The maximum absolute atomic E-state index is 13.7. The minimum Gasteiger partial charge on any atom is -0.423 e. The lowest BCUT2D eigenvalue weighted by Crippen LogP contribution is -2.36. The number of carbonyl (C=O) groups excluding carboxylic acids is 3. The number of amides is 2. The van der Waals surface area contributed by atoms with Crippen molar-refractivity contribution in [2.24, 2.45) is 5.92 Å². The van der Waals surface area contributed by atoms with Crippen molar-refractivity contribution in [3.05, 3.63) is 136 Å². The van der Waals surface area contributed by atoms with Gasteiger partial charge in [0.15, 0.2) is 6.10 Å². The average Bonchev–Trinajstić information content (AvgIpc) is 3.50. The van der Waals surface area contributed by atoms with Gasteiger partial charge in [0.2, 0.25) is 5.91 Å². The lowest BCUT2D eigenvalue weighted by atomic mass is 9.90. The second-order valence-electron chi connectivity index (χ2n) is 9.67. The molecule has 2 aliphatic heterocycles. The summed E-state index contributed by atoms with van der Waals surface area (Å²) in [7, 11) is 0. The van der Waals surface area contributed by atoms with Crippen molar-refractivity contribution >= 4 is 29.2 Å². The number of fused-ring (bicyclic) bond motifs is 1. The number of carbonyl (C=O) groups is 3. The lowest BCUT2D eigenvalue weighted by molar-refractivity contribution is -0.384. The Morgan fingerprint density at radius 3 is 2.10 bits per heavy atom. The van der Waals surface area contributed by atoms with E-state index < -0.39 is 34.9 Å². The highest BCUT2D eigenvalue weighted by Crippen LogP contribution is 2.47. The molecule has 0 saturated carbocycles. The predicted molar refractivity (Wildman–Crippen MR) is 147 cm³/mol. The van der Waals surface area contributed by atoms with Gasteiger partial charge >= 0.3 is 5.97 Å². The Labute approximate surface area is 234 Å². The van der Waals surface area contributed by atoms with Crippen molar-refractivity contribution < 1.29 is 28.9 Å². The minimum absolute atomic E-state index is 0.101. The molecule has 4 aromatic carbocycles. The van der Waals surface area contributed by atoms with Crippen LogP contribution < -0.4 is 9.80 Å². The lowest BCUT2D eigenvalue weighted by Gasteiger charge is -2.28. The molecule has 2 amide bonds. The van der Waals surface area contributed by atoms with Gasteiger partial charge in [-0.1, -0.05) is 60.7 Å². The summed E-state index contributed by atoms with van der Waals surface area (Å²) >= 11 is 0. The fourth-order valence-electron chi connectivity index (χ4n) is 5.15. The Morgan fingerprint density at radius 2 is 1.46 bits per heavy atom. The number of benzene rings is 4. The Morgan fingerprint density at radius 1 is 0.829 bits per heavy atom. The summed E-state index contributed by atoms with van der Waals surface area (Å²) in [6.45, 7) is 0.119. The molecule has 0 unspecified atom stereocenters. The second kappa shape index (κ2) is 10.7. The van der Waals surface area contributed by atoms with Crippen molar-refractivity contribution in [3.63, 3.8) is 0 Å². The fourth-order valence-corrected chi connectivity index (χ4v) is 5.15. The number of rotatable bonds is 7. The number of nitro groups is 1. The van der Waals surface area contributed by atoms with Crippen molar-refractivity contribution in [2.75, 3.05) is 5.06 Å².